The highest BCUT2D eigenvalue weighted by atomic mass is 19.1. The van der Waals surface area contributed by atoms with Crippen molar-refractivity contribution in [1.29, 1.82) is 0 Å². The van der Waals surface area contributed by atoms with E-state index in [0.717, 1.165) is 81.9 Å². The van der Waals surface area contributed by atoms with Crippen LogP contribution in [0.5, 0.6) is 5.75 Å². The molecule has 2 aliphatic rings. The summed E-state index contributed by atoms with van der Waals surface area (Å²) in [5.74, 6) is 1.88. The van der Waals surface area contributed by atoms with Crippen molar-refractivity contribution in [2.24, 2.45) is 5.92 Å². The van der Waals surface area contributed by atoms with Crippen LogP contribution < -0.4 is 20.7 Å². The molecule has 3 N–H and O–H groups in total. The van der Waals surface area contributed by atoms with Crippen LogP contribution in [0.2, 0.25) is 0 Å². The summed E-state index contributed by atoms with van der Waals surface area (Å²) in [7, 11) is 0. The van der Waals surface area contributed by atoms with E-state index in [1.165, 1.54) is 6.07 Å². The Morgan fingerprint density at radius 2 is 1.93 bits per heavy atom. The number of ether oxygens (including phenoxy) is 1. The Kier molecular flexibility index (Phi) is 6.93. The smallest absolute Gasteiger partial charge is 0.223 e. The van der Waals surface area contributed by atoms with Gasteiger partial charge in [0, 0.05) is 45.3 Å². The molecule has 1 aromatic carbocycles. The fourth-order valence-electron chi connectivity index (χ4n) is 5.82. The predicted molar refractivity (Wildman–Crippen MR) is 155 cm³/mol. The van der Waals surface area contributed by atoms with Crippen LogP contribution in [0.1, 0.15) is 12.8 Å². The topological polar surface area (TPSA) is 115 Å². The molecule has 0 unspecified atom stereocenters. The molecule has 2 saturated heterocycles. The van der Waals surface area contributed by atoms with Crippen molar-refractivity contribution in [2.75, 3.05) is 63.1 Å². The van der Waals surface area contributed by atoms with Gasteiger partial charge in [0.15, 0.2) is 11.4 Å². The third kappa shape index (κ3) is 5.20. The molecule has 6 heterocycles. The van der Waals surface area contributed by atoms with Crippen molar-refractivity contribution in [2.45, 2.75) is 19.4 Å². The molecule has 0 bridgehead atoms. The van der Waals surface area contributed by atoms with Crippen molar-refractivity contribution in [3.8, 4) is 17.2 Å². The van der Waals surface area contributed by atoms with Gasteiger partial charge in [0.25, 0.3) is 0 Å². The molecule has 0 amide bonds. The number of piperidine rings is 1. The molecular formula is C29H34FN9O2. The van der Waals surface area contributed by atoms with Crippen LogP contribution in [0.15, 0.2) is 53.4 Å². The van der Waals surface area contributed by atoms with Gasteiger partial charge in [0.2, 0.25) is 5.95 Å². The van der Waals surface area contributed by atoms with Crippen molar-refractivity contribution in [3.05, 3.63) is 54.8 Å². The van der Waals surface area contributed by atoms with Crippen LogP contribution in [-0.2, 0) is 6.54 Å². The summed E-state index contributed by atoms with van der Waals surface area (Å²) in [6.45, 7) is 7.45. The summed E-state index contributed by atoms with van der Waals surface area (Å²) in [6, 6.07) is 10.9. The molecule has 0 atom stereocenters. The average molecular weight is 560 g/mol. The number of nitrogens with one attached hydrogen (secondary N) is 1. The maximum Gasteiger partial charge on any atom is 0.223 e. The number of halogens is 1. The monoisotopic (exact) mass is 559 g/mol. The Bertz CT molecular complexity index is 1630. The highest BCUT2D eigenvalue weighted by Gasteiger charge is 2.22. The fraction of sp³-hybridized carbons (Fsp3) is 0.414. The van der Waals surface area contributed by atoms with E-state index in [0.29, 0.717) is 41.4 Å². The summed E-state index contributed by atoms with van der Waals surface area (Å²) < 4.78 is 30.0. The van der Waals surface area contributed by atoms with Gasteiger partial charge in [0.1, 0.15) is 28.3 Å². The number of furan rings is 1. The minimum absolute atomic E-state index is 0.226. The van der Waals surface area contributed by atoms with Crippen LogP contribution in [0, 0.1) is 11.7 Å². The van der Waals surface area contributed by atoms with Gasteiger partial charge in [-0.3, -0.25) is 4.90 Å². The maximum atomic E-state index is 15.0. The number of fused-ring (bicyclic) bond motifs is 3. The molecule has 4 aromatic heterocycles. The van der Waals surface area contributed by atoms with E-state index in [-0.39, 0.29) is 5.82 Å². The van der Waals surface area contributed by atoms with Crippen LogP contribution in [0.4, 0.5) is 16.0 Å². The second-order valence-corrected chi connectivity index (χ2v) is 10.8. The summed E-state index contributed by atoms with van der Waals surface area (Å²) in [6.07, 6.45) is 5.63. The standard InChI is InChI=1S/C29H34FN9O2/c30-22-16-21(41-18-20-5-7-32-8-6-20)3-4-24(22)37-12-9-36(10-13-37)11-14-38-19-33-27-25-17-23(26-2-1-15-40-26)35-39(25)29(31)34-28(27)38/h1-4,15-17,19-20,32H,5-14,18H2,(H2,31,34). The number of rotatable bonds is 8. The zero-order chi connectivity index (χ0) is 27.8. The number of nitrogens with two attached hydrogens (primary N) is 1. The van der Waals surface area contributed by atoms with Crippen molar-refractivity contribution in [3.63, 3.8) is 0 Å². The Morgan fingerprint density at radius 3 is 2.71 bits per heavy atom. The Balaban J connectivity index is 0.962. The number of piperazine rings is 1. The van der Waals surface area contributed by atoms with Gasteiger partial charge >= 0.3 is 0 Å². The summed E-state index contributed by atoms with van der Waals surface area (Å²) in [5, 5.41) is 7.90. The zero-order valence-electron chi connectivity index (χ0n) is 22.9. The van der Waals surface area contributed by atoms with Gasteiger partial charge < -0.3 is 29.7 Å². The second-order valence-electron chi connectivity index (χ2n) is 10.8. The highest BCUT2D eigenvalue weighted by molar-refractivity contribution is 5.90. The van der Waals surface area contributed by atoms with Gasteiger partial charge in [-0.1, -0.05) is 0 Å². The molecule has 0 spiro atoms. The lowest BCUT2D eigenvalue weighted by molar-refractivity contribution is 0.214. The lowest BCUT2D eigenvalue weighted by atomic mass is 9.99. The van der Waals surface area contributed by atoms with E-state index >= 15 is 4.39 Å². The fourth-order valence-corrected chi connectivity index (χ4v) is 5.82. The molecule has 2 fully saturated rings. The number of anilines is 2. The Labute approximate surface area is 236 Å². The van der Waals surface area contributed by atoms with Gasteiger partial charge in [-0.15, -0.1) is 0 Å². The van der Waals surface area contributed by atoms with Crippen LogP contribution in [0.3, 0.4) is 0 Å². The number of nitrogens with zero attached hydrogens (tertiary/aromatic N) is 7. The summed E-state index contributed by atoms with van der Waals surface area (Å²) in [5.41, 5.74) is 9.83. The van der Waals surface area contributed by atoms with Crippen molar-refractivity contribution in [1.82, 2.24) is 34.4 Å². The molecule has 5 aromatic rings. The molecule has 214 valence electrons. The predicted octanol–water partition coefficient (Wildman–Crippen LogP) is 3.26. The van der Waals surface area contributed by atoms with E-state index in [1.807, 2.05) is 34.9 Å². The first-order valence-electron chi connectivity index (χ1n) is 14.3. The third-order valence-electron chi connectivity index (χ3n) is 8.21. The molecule has 2 aliphatic heterocycles. The van der Waals surface area contributed by atoms with E-state index < -0.39 is 0 Å². The molecule has 11 nitrogen and oxygen atoms in total. The van der Waals surface area contributed by atoms with Crippen molar-refractivity contribution < 1.29 is 13.5 Å². The van der Waals surface area contributed by atoms with E-state index in [1.54, 1.807) is 17.1 Å². The lowest BCUT2D eigenvalue weighted by Gasteiger charge is -2.36. The number of nitrogen functional groups attached to an aromatic ring is 1. The van der Waals surface area contributed by atoms with Crippen LogP contribution >= 0.6 is 0 Å². The number of hydrogen-bond acceptors (Lipinski definition) is 9. The minimum atomic E-state index is -0.226. The van der Waals surface area contributed by atoms with Gasteiger partial charge in [-0.2, -0.15) is 14.6 Å². The Morgan fingerprint density at radius 1 is 1.07 bits per heavy atom. The first-order valence-corrected chi connectivity index (χ1v) is 14.3. The van der Waals surface area contributed by atoms with Crippen molar-refractivity contribution >= 4 is 28.3 Å². The second kappa shape index (κ2) is 11.0. The third-order valence-corrected chi connectivity index (χ3v) is 8.21. The SMILES string of the molecule is Nc1nc2c(ncn2CCN2CCN(c3ccc(OCC4CCNCC4)cc3F)CC2)c2cc(-c3ccco3)nn12. The molecular weight excluding hydrogens is 525 g/mol. The van der Waals surface area contributed by atoms with E-state index in [9.17, 15) is 0 Å². The normalized spacial score (nSPS) is 17.1. The van der Waals surface area contributed by atoms with Gasteiger partial charge in [0.05, 0.1) is 24.9 Å². The van der Waals surface area contributed by atoms with Crippen LogP contribution in [0.25, 0.3) is 28.1 Å². The number of benzene rings is 1. The molecule has 0 aliphatic carbocycles. The molecule has 7 rings (SSSR count). The molecule has 0 radical (unpaired) electrons. The summed E-state index contributed by atoms with van der Waals surface area (Å²) >= 11 is 0. The first-order chi connectivity index (χ1) is 20.1. The molecule has 12 heteroatoms. The van der Waals surface area contributed by atoms with E-state index in [2.05, 4.69) is 30.2 Å². The quantitative estimate of drug-likeness (QED) is 0.296. The highest BCUT2D eigenvalue weighted by Crippen LogP contribution is 2.28. The zero-order valence-corrected chi connectivity index (χ0v) is 22.9. The number of hydrogen-bond donors (Lipinski definition) is 2. The van der Waals surface area contributed by atoms with Gasteiger partial charge in [-0.25, -0.2) is 9.37 Å². The average Bonchev–Trinajstić information content (AvgIpc) is 3.76. The maximum absolute atomic E-state index is 15.0. The Hall–Kier alpha value is -4.16. The summed E-state index contributed by atoms with van der Waals surface area (Å²) in [4.78, 5) is 13.7. The first kappa shape index (κ1) is 25.8. The number of aromatic nitrogens is 5. The largest absolute Gasteiger partial charge is 0.493 e. The molecule has 0 saturated carbocycles. The number of imidazole rings is 1. The van der Waals surface area contributed by atoms with Crippen LogP contribution in [-0.4, -0.2) is 81.5 Å². The van der Waals surface area contributed by atoms with Gasteiger partial charge in [-0.05, 0) is 62.2 Å². The minimum Gasteiger partial charge on any atom is -0.493 e. The lowest BCUT2D eigenvalue weighted by Crippen LogP contribution is -2.47. The van der Waals surface area contributed by atoms with E-state index in [4.69, 9.17) is 14.9 Å². The molecule has 41 heavy (non-hydrogen) atoms.